The van der Waals surface area contributed by atoms with Gasteiger partial charge >= 0.3 is 0 Å². The highest BCUT2D eigenvalue weighted by atomic mass is 79.9. The number of amides is 1. The molecular weight excluding hydrogens is 530 g/mol. The second kappa shape index (κ2) is 10.5. The number of halogens is 2. The molecule has 0 aliphatic carbocycles. The normalized spacial score (nSPS) is 16.0. The summed E-state index contributed by atoms with van der Waals surface area (Å²) < 4.78 is 15.5. The van der Waals surface area contributed by atoms with Crippen LogP contribution in [0.3, 0.4) is 0 Å². The quantitative estimate of drug-likeness (QED) is 0.446. The van der Waals surface area contributed by atoms with Gasteiger partial charge in [-0.05, 0) is 61.1 Å². The average Bonchev–Trinajstić information content (AvgIpc) is 3.07. The van der Waals surface area contributed by atoms with Crippen LogP contribution in [0.5, 0.6) is 5.88 Å². The SMILES string of the molecule is CC(C)NC(=O)c1cc2c(-c3ccc(S(=O)N4CCN(C)CC4)cn3)c(O)[nH]c2cc1Br.Cl. The molecule has 1 amide bonds. The number of hydrogen-bond acceptors (Lipinski definition) is 5. The van der Waals surface area contributed by atoms with Crippen molar-refractivity contribution < 1.29 is 14.1 Å². The summed E-state index contributed by atoms with van der Waals surface area (Å²) in [6, 6.07) is 7.03. The molecule has 1 fully saturated rings. The van der Waals surface area contributed by atoms with Crippen LogP contribution in [0.25, 0.3) is 22.2 Å². The molecule has 11 heteroatoms. The van der Waals surface area contributed by atoms with Gasteiger partial charge < -0.3 is 20.3 Å². The average molecular weight is 557 g/mol. The standard InChI is InChI=1S/C22H26BrN5O3S.ClH/c1-13(2)25-21(29)15-10-16-19(11-17(15)23)26-22(30)20(16)18-5-4-14(12-24-18)32(31)28-8-6-27(3)7-9-28;/h4-5,10-13,26,30H,6-9H2,1-3H3,(H,25,29);1H. The number of piperazine rings is 1. The highest BCUT2D eigenvalue weighted by Gasteiger charge is 2.22. The molecule has 178 valence electrons. The van der Waals surface area contributed by atoms with Crippen molar-refractivity contribution in [2.75, 3.05) is 33.2 Å². The molecule has 4 rings (SSSR count). The molecule has 0 radical (unpaired) electrons. The van der Waals surface area contributed by atoms with E-state index >= 15 is 0 Å². The number of hydrogen-bond donors (Lipinski definition) is 3. The minimum Gasteiger partial charge on any atom is -0.494 e. The third-order valence-electron chi connectivity index (χ3n) is 5.42. The molecule has 2 aromatic heterocycles. The van der Waals surface area contributed by atoms with Gasteiger partial charge in [0.25, 0.3) is 5.91 Å². The van der Waals surface area contributed by atoms with E-state index in [0.717, 1.165) is 26.2 Å². The largest absolute Gasteiger partial charge is 0.494 e. The second-order valence-corrected chi connectivity index (χ2v) is 10.6. The molecule has 3 aromatic rings. The predicted molar refractivity (Wildman–Crippen MR) is 136 cm³/mol. The van der Waals surface area contributed by atoms with Crippen LogP contribution >= 0.6 is 28.3 Å². The Morgan fingerprint density at radius 2 is 1.94 bits per heavy atom. The van der Waals surface area contributed by atoms with Gasteiger partial charge in [0.05, 0.1) is 27.2 Å². The highest BCUT2D eigenvalue weighted by Crippen LogP contribution is 2.38. The number of aromatic nitrogens is 2. The van der Waals surface area contributed by atoms with Crippen LogP contribution in [0, 0.1) is 0 Å². The van der Waals surface area contributed by atoms with Crippen LogP contribution in [0.4, 0.5) is 0 Å². The van der Waals surface area contributed by atoms with E-state index in [1.165, 1.54) is 0 Å². The molecule has 0 saturated carbocycles. The molecular formula is C22H27BrClN5O3S. The number of nitrogens with zero attached hydrogens (tertiary/aromatic N) is 3. The number of aromatic hydroxyl groups is 1. The predicted octanol–water partition coefficient (Wildman–Crippen LogP) is 3.53. The summed E-state index contributed by atoms with van der Waals surface area (Å²) in [5, 5.41) is 14.1. The Hall–Kier alpha value is -1.98. The third kappa shape index (κ3) is 5.41. The fourth-order valence-electron chi connectivity index (χ4n) is 3.71. The van der Waals surface area contributed by atoms with Crippen molar-refractivity contribution in [3.8, 4) is 17.1 Å². The van der Waals surface area contributed by atoms with Gasteiger partial charge in [0.15, 0.2) is 5.88 Å². The summed E-state index contributed by atoms with van der Waals surface area (Å²) in [6.07, 6.45) is 1.59. The lowest BCUT2D eigenvalue weighted by atomic mass is 10.1. The smallest absolute Gasteiger partial charge is 0.252 e. The number of benzene rings is 1. The van der Waals surface area contributed by atoms with E-state index in [1.807, 2.05) is 18.2 Å². The Bertz CT molecular complexity index is 1180. The maximum absolute atomic E-state index is 12.9. The van der Waals surface area contributed by atoms with Gasteiger partial charge in [-0.25, -0.2) is 8.51 Å². The maximum Gasteiger partial charge on any atom is 0.252 e. The van der Waals surface area contributed by atoms with Gasteiger partial charge in [0.1, 0.15) is 11.0 Å². The van der Waals surface area contributed by atoms with Crippen LogP contribution in [0.2, 0.25) is 0 Å². The van der Waals surface area contributed by atoms with Crippen molar-refractivity contribution in [1.82, 2.24) is 24.5 Å². The van der Waals surface area contributed by atoms with Gasteiger partial charge in [-0.15, -0.1) is 12.4 Å². The molecule has 1 unspecified atom stereocenters. The number of fused-ring (bicyclic) bond motifs is 1. The van der Waals surface area contributed by atoms with E-state index in [0.29, 0.717) is 37.1 Å². The Morgan fingerprint density at radius 1 is 1.24 bits per heavy atom. The molecule has 1 atom stereocenters. The van der Waals surface area contributed by atoms with Gasteiger partial charge in [-0.2, -0.15) is 0 Å². The molecule has 1 saturated heterocycles. The van der Waals surface area contributed by atoms with E-state index in [4.69, 9.17) is 0 Å². The minimum absolute atomic E-state index is 0. The Morgan fingerprint density at radius 3 is 2.55 bits per heavy atom. The monoisotopic (exact) mass is 555 g/mol. The van der Waals surface area contributed by atoms with Crippen molar-refractivity contribution >= 4 is 56.1 Å². The molecule has 8 nitrogen and oxygen atoms in total. The van der Waals surface area contributed by atoms with Crippen LogP contribution in [-0.2, 0) is 11.0 Å². The number of carbonyl (C=O) groups is 1. The first-order valence-electron chi connectivity index (χ1n) is 10.4. The summed E-state index contributed by atoms with van der Waals surface area (Å²) in [5.74, 6) is -0.236. The topological polar surface area (TPSA) is 102 Å². The zero-order chi connectivity index (χ0) is 23.0. The van der Waals surface area contributed by atoms with Crippen LogP contribution in [0.15, 0.2) is 39.8 Å². The number of rotatable bonds is 5. The molecule has 1 aromatic carbocycles. The lowest BCUT2D eigenvalue weighted by Crippen LogP contribution is -2.45. The summed E-state index contributed by atoms with van der Waals surface area (Å²) in [6.45, 7) is 7.03. The van der Waals surface area contributed by atoms with Gasteiger partial charge in [-0.1, -0.05) is 0 Å². The molecule has 33 heavy (non-hydrogen) atoms. The van der Waals surface area contributed by atoms with E-state index in [1.54, 1.807) is 30.5 Å². The zero-order valence-electron chi connectivity index (χ0n) is 18.6. The first kappa shape index (κ1) is 25.6. The van der Waals surface area contributed by atoms with E-state index in [9.17, 15) is 14.1 Å². The Balaban J connectivity index is 0.00000306. The lowest BCUT2D eigenvalue weighted by Gasteiger charge is -2.31. The number of likely N-dealkylation sites (N-methyl/N-ethyl adjacent to an activating group) is 1. The highest BCUT2D eigenvalue weighted by molar-refractivity contribution is 9.10. The Labute approximate surface area is 209 Å². The van der Waals surface area contributed by atoms with Crippen LogP contribution in [0.1, 0.15) is 24.2 Å². The molecule has 1 aliphatic heterocycles. The number of aromatic amines is 1. The molecule has 3 heterocycles. The van der Waals surface area contributed by atoms with Crippen LogP contribution < -0.4 is 5.32 Å². The van der Waals surface area contributed by atoms with Crippen molar-refractivity contribution in [2.24, 2.45) is 0 Å². The van der Waals surface area contributed by atoms with Crippen molar-refractivity contribution in [2.45, 2.75) is 24.8 Å². The second-order valence-electron chi connectivity index (χ2n) is 8.22. The van der Waals surface area contributed by atoms with Gasteiger partial charge in [-0.3, -0.25) is 9.78 Å². The van der Waals surface area contributed by atoms with Crippen molar-refractivity contribution in [3.05, 3.63) is 40.5 Å². The number of H-pyrrole nitrogens is 1. The summed E-state index contributed by atoms with van der Waals surface area (Å²) >= 11 is 3.45. The van der Waals surface area contributed by atoms with E-state index in [2.05, 4.69) is 43.2 Å². The lowest BCUT2D eigenvalue weighted by molar-refractivity contribution is 0.0942. The van der Waals surface area contributed by atoms with Crippen molar-refractivity contribution in [3.63, 3.8) is 0 Å². The Kier molecular flexibility index (Phi) is 8.17. The summed E-state index contributed by atoms with van der Waals surface area (Å²) in [4.78, 5) is 22.9. The van der Waals surface area contributed by atoms with Gasteiger partial charge in [0.2, 0.25) is 0 Å². The van der Waals surface area contributed by atoms with E-state index in [-0.39, 0.29) is 30.2 Å². The molecule has 1 aliphatic rings. The maximum atomic E-state index is 12.9. The fourth-order valence-corrected chi connectivity index (χ4v) is 5.35. The fraction of sp³-hybridized carbons (Fsp3) is 0.364. The molecule has 0 bridgehead atoms. The zero-order valence-corrected chi connectivity index (χ0v) is 21.8. The van der Waals surface area contributed by atoms with Gasteiger partial charge in [0, 0.05) is 48.3 Å². The first-order chi connectivity index (χ1) is 15.2. The molecule has 3 N–H and O–H groups in total. The first-order valence-corrected chi connectivity index (χ1v) is 12.3. The minimum atomic E-state index is -1.28. The molecule has 0 spiro atoms. The summed E-state index contributed by atoms with van der Waals surface area (Å²) in [7, 11) is 0.780. The van der Waals surface area contributed by atoms with Crippen LogP contribution in [-0.4, -0.2) is 73.7 Å². The third-order valence-corrected chi connectivity index (χ3v) is 7.56. The number of carbonyl (C=O) groups excluding carboxylic acids is 1. The number of pyridine rings is 1. The van der Waals surface area contributed by atoms with Crippen molar-refractivity contribution in [1.29, 1.82) is 0 Å². The van der Waals surface area contributed by atoms with E-state index < -0.39 is 11.0 Å². The summed E-state index contributed by atoms with van der Waals surface area (Å²) in [5.41, 5.74) is 2.19. The number of nitrogens with one attached hydrogen (secondary N) is 2.